The SMILES string of the molecule is Cc1ncsc1CN(C)C(=O)C(CN)c1ccccc1.Cl.Cl. The van der Waals surface area contributed by atoms with Crippen LogP contribution in [0.1, 0.15) is 22.1 Å². The smallest absolute Gasteiger partial charge is 0.231 e. The van der Waals surface area contributed by atoms with Crippen LogP contribution in [0.2, 0.25) is 0 Å². The van der Waals surface area contributed by atoms with E-state index in [2.05, 4.69) is 4.98 Å². The van der Waals surface area contributed by atoms with Crippen molar-refractivity contribution in [3.05, 3.63) is 52.0 Å². The van der Waals surface area contributed by atoms with E-state index >= 15 is 0 Å². The topological polar surface area (TPSA) is 59.2 Å². The number of benzene rings is 1. The number of aromatic nitrogens is 1. The molecule has 0 spiro atoms. The summed E-state index contributed by atoms with van der Waals surface area (Å²) in [4.78, 5) is 19.6. The Balaban J connectivity index is 0.00000220. The zero-order chi connectivity index (χ0) is 14.5. The van der Waals surface area contributed by atoms with Gasteiger partial charge in [0.2, 0.25) is 5.91 Å². The van der Waals surface area contributed by atoms with E-state index in [0.717, 1.165) is 16.1 Å². The standard InChI is InChI=1S/C15H19N3OS.2ClH/c1-11-14(20-10-17-11)9-18(2)15(19)13(8-16)12-6-4-3-5-7-12;;/h3-7,10,13H,8-9,16H2,1-2H3;2*1H. The van der Waals surface area contributed by atoms with E-state index in [-0.39, 0.29) is 36.6 Å². The number of aryl methyl sites for hydroxylation is 1. The predicted octanol–water partition coefficient (Wildman–Crippen LogP) is 3.00. The van der Waals surface area contributed by atoms with Crippen LogP contribution in [0.15, 0.2) is 35.8 Å². The highest BCUT2D eigenvalue weighted by Crippen LogP contribution is 2.20. The highest BCUT2D eigenvalue weighted by molar-refractivity contribution is 7.09. The highest BCUT2D eigenvalue weighted by atomic mass is 35.5. The highest BCUT2D eigenvalue weighted by Gasteiger charge is 2.23. The molecule has 0 radical (unpaired) electrons. The molecule has 1 aromatic heterocycles. The van der Waals surface area contributed by atoms with Gasteiger partial charge in [0.1, 0.15) is 0 Å². The molecule has 1 aromatic carbocycles. The molecule has 122 valence electrons. The number of hydrogen-bond acceptors (Lipinski definition) is 4. The fourth-order valence-electron chi connectivity index (χ4n) is 2.10. The van der Waals surface area contributed by atoms with Crippen molar-refractivity contribution in [1.82, 2.24) is 9.88 Å². The largest absolute Gasteiger partial charge is 0.340 e. The minimum absolute atomic E-state index is 0. The van der Waals surface area contributed by atoms with Gasteiger partial charge in [-0.2, -0.15) is 0 Å². The monoisotopic (exact) mass is 361 g/mol. The maximum Gasteiger partial charge on any atom is 0.231 e. The third-order valence-corrected chi connectivity index (χ3v) is 4.26. The number of likely N-dealkylation sites (N-methyl/N-ethyl adjacent to an activating group) is 1. The summed E-state index contributed by atoms with van der Waals surface area (Å²) < 4.78 is 0. The maximum atomic E-state index is 12.5. The second-order valence-corrected chi connectivity index (χ2v) is 5.69. The molecule has 0 aliphatic heterocycles. The third kappa shape index (κ3) is 4.95. The minimum Gasteiger partial charge on any atom is -0.340 e. The van der Waals surface area contributed by atoms with Gasteiger partial charge in [0.05, 0.1) is 23.7 Å². The summed E-state index contributed by atoms with van der Waals surface area (Å²) in [5.74, 6) is -0.235. The summed E-state index contributed by atoms with van der Waals surface area (Å²) in [6, 6.07) is 9.69. The van der Waals surface area contributed by atoms with E-state index in [1.165, 1.54) is 0 Å². The fourth-order valence-corrected chi connectivity index (χ4v) is 2.93. The number of hydrogen-bond donors (Lipinski definition) is 1. The van der Waals surface area contributed by atoms with Crippen molar-refractivity contribution in [2.75, 3.05) is 13.6 Å². The molecule has 0 fully saturated rings. The number of amides is 1. The third-order valence-electron chi connectivity index (χ3n) is 3.34. The van der Waals surface area contributed by atoms with Crippen LogP contribution < -0.4 is 5.73 Å². The molecule has 4 nitrogen and oxygen atoms in total. The number of rotatable bonds is 5. The van der Waals surface area contributed by atoms with Crippen LogP contribution in [0.25, 0.3) is 0 Å². The normalized spacial score (nSPS) is 11.0. The molecule has 0 aliphatic carbocycles. The van der Waals surface area contributed by atoms with Crippen LogP contribution in [0.3, 0.4) is 0 Å². The van der Waals surface area contributed by atoms with E-state index in [4.69, 9.17) is 5.73 Å². The van der Waals surface area contributed by atoms with Crippen molar-refractivity contribution < 1.29 is 4.79 Å². The number of thiazole rings is 1. The summed E-state index contributed by atoms with van der Waals surface area (Å²) >= 11 is 1.57. The average Bonchev–Trinajstić information content (AvgIpc) is 2.86. The van der Waals surface area contributed by atoms with Gasteiger partial charge in [0, 0.05) is 18.5 Å². The first kappa shape index (κ1) is 20.9. The summed E-state index contributed by atoms with van der Waals surface area (Å²) in [5.41, 5.74) is 9.55. The van der Waals surface area contributed by atoms with Crippen LogP contribution in [0.5, 0.6) is 0 Å². The Hall–Kier alpha value is -1.14. The molecular weight excluding hydrogens is 341 g/mol. The summed E-state index contributed by atoms with van der Waals surface area (Å²) in [7, 11) is 1.81. The van der Waals surface area contributed by atoms with Gasteiger partial charge >= 0.3 is 0 Å². The molecule has 2 rings (SSSR count). The molecule has 1 atom stereocenters. The zero-order valence-corrected chi connectivity index (χ0v) is 15.0. The lowest BCUT2D eigenvalue weighted by Gasteiger charge is -2.23. The number of halogens is 2. The van der Waals surface area contributed by atoms with Gasteiger partial charge in [0.15, 0.2) is 0 Å². The predicted molar refractivity (Wildman–Crippen MR) is 96.1 cm³/mol. The van der Waals surface area contributed by atoms with Gasteiger partial charge in [-0.15, -0.1) is 36.2 Å². The molecule has 1 heterocycles. The lowest BCUT2D eigenvalue weighted by atomic mass is 9.98. The van der Waals surface area contributed by atoms with Crippen molar-refractivity contribution in [3.8, 4) is 0 Å². The maximum absolute atomic E-state index is 12.5. The zero-order valence-electron chi connectivity index (χ0n) is 12.6. The second-order valence-electron chi connectivity index (χ2n) is 4.75. The number of nitrogens with two attached hydrogens (primary N) is 1. The van der Waals surface area contributed by atoms with Crippen LogP contribution in [-0.2, 0) is 11.3 Å². The van der Waals surface area contributed by atoms with Crippen LogP contribution in [-0.4, -0.2) is 29.4 Å². The first-order valence-corrected chi connectivity index (χ1v) is 7.40. The van der Waals surface area contributed by atoms with Crippen molar-refractivity contribution in [3.63, 3.8) is 0 Å². The van der Waals surface area contributed by atoms with Gasteiger partial charge in [-0.05, 0) is 12.5 Å². The number of carbonyl (C=O) groups excluding carboxylic acids is 1. The van der Waals surface area contributed by atoms with Crippen molar-refractivity contribution in [2.45, 2.75) is 19.4 Å². The Labute approximate surface area is 147 Å². The molecule has 0 bridgehead atoms. The fraction of sp³-hybridized carbons (Fsp3) is 0.333. The Kier molecular flexibility index (Phi) is 9.28. The van der Waals surface area contributed by atoms with E-state index in [9.17, 15) is 4.79 Å². The van der Waals surface area contributed by atoms with E-state index in [1.54, 1.807) is 21.7 Å². The van der Waals surface area contributed by atoms with Crippen molar-refractivity contribution in [1.29, 1.82) is 0 Å². The number of nitrogens with zero attached hydrogens (tertiary/aromatic N) is 2. The molecule has 0 saturated carbocycles. The van der Waals surface area contributed by atoms with Crippen LogP contribution in [0, 0.1) is 6.92 Å². The average molecular weight is 362 g/mol. The molecule has 2 N–H and O–H groups in total. The Morgan fingerprint density at radius 1 is 1.32 bits per heavy atom. The quantitative estimate of drug-likeness (QED) is 0.890. The lowest BCUT2D eigenvalue weighted by molar-refractivity contribution is -0.131. The summed E-state index contributed by atoms with van der Waals surface area (Å²) in [6.07, 6.45) is 0. The van der Waals surface area contributed by atoms with E-state index < -0.39 is 0 Å². The summed E-state index contributed by atoms with van der Waals surface area (Å²) in [6.45, 7) is 2.86. The Bertz CT molecular complexity index is 577. The Morgan fingerprint density at radius 3 is 2.45 bits per heavy atom. The molecule has 1 unspecified atom stereocenters. The molecule has 0 saturated heterocycles. The van der Waals surface area contributed by atoms with Crippen LogP contribution in [0.4, 0.5) is 0 Å². The molecule has 7 heteroatoms. The molecular formula is C15H21Cl2N3OS. The lowest BCUT2D eigenvalue weighted by Crippen LogP contribution is -2.34. The first-order chi connectivity index (χ1) is 9.63. The summed E-state index contributed by atoms with van der Waals surface area (Å²) in [5, 5.41) is 0. The van der Waals surface area contributed by atoms with E-state index in [1.807, 2.05) is 44.3 Å². The molecule has 2 aromatic rings. The molecule has 0 aliphatic rings. The second kappa shape index (κ2) is 9.79. The molecule has 1 amide bonds. The van der Waals surface area contributed by atoms with Gasteiger partial charge in [-0.25, -0.2) is 4.98 Å². The van der Waals surface area contributed by atoms with Crippen LogP contribution >= 0.6 is 36.2 Å². The first-order valence-electron chi connectivity index (χ1n) is 6.52. The van der Waals surface area contributed by atoms with Gasteiger partial charge in [-0.3, -0.25) is 4.79 Å². The molecule has 22 heavy (non-hydrogen) atoms. The van der Waals surface area contributed by atoms with Crippen molar-refractivity contribution >= 4 is 42.1 Å². The Morgan fingerprint density at radius 2 is 1.95 bits per heavy atom. The van der Waals surface area contributed by atoms with E-state index in [0.29, 0.717) is 13.1 Å². The van der Waals surface area contributed by atoms with Gasteiger partial charge in [-0.1, -0.05) is 30.3 Å². The van der Waals surface area contributed by atoms with Crippen molar-refractivity contribution in [2.24, 2.45) is 5.73 Å². The number of carbonyl (C=O) groups is 1. The minimum atomic E-state index is -0.283. The van der Waals surface area contributed by atoms with Gasteiger partial charge < -0.3 is 10.6 Å². The van der Waals surface area contributed by atoms with Gasteiger partial charge in [0.25, 0.3) is 0 Å².